The molecule has 4 heteroatoms. The number of aromatic nitrogens is 3. The van der Waals surface area contributed by atoms with Gasteiger partial charge in [0.25, 0.3) is 0 Å². The molecule has 0 aromatic carbocycles. The first kappa shape index (κ1) is 7.49. The molecule has 0 aliphatic rings. The first-order chi connectivity index (χ1) is 5.86. The fourth-order valence-electron chi connectivity index (χ4n) is 1.04. The molecule has 3 nitrogen and oxygen atoms in total. The van der Waals surface area contributed by atoms with Crippen LogP contribution in [-0.2, 0) is 13.5 Å². The van der Waals surface area contributed by atoms with Gasteiger partial charge in [-0.1, -0.05) is 6.07 Å². The second-order valence-electron chi connectivity index (χ2n) is 2.61. The quantitative estimate of drug-likeness (QED) is 0.699. The largest absolute Gasteiger partial charge is 0.320 e. The summed E-state index contributed by atoms with van der Waals surface area (Å²) < 4.78 is 1.94. The fourth-order valence-corrected chi connectivity index (χ4v) is 1.74. The minimum Gasteiger partial charge on any atom is -0.320 e. The van der Waals surface area contributed by atoms with Gasteiger partial charge < -0.3 is 4.57 Å². The Labute approximate surface area is 74.7 Å². The predicted molar refractivity (Wildman–Crippen MR) is 48.1 cm³/mol. The molecule has 2 aromatic heterocycles. The van der Waals surface area contributed by atoms with Gasteiger partial charge in [-0.15, -0.1) is 21.5 Å². The lowest BCUT2D eigenvalue weighted by molar-refractivity contribution is 0.826. The third-order valence-electron chi connectivity index (χ3n) is 1.72. The van der Waals surface area contributed by atoms with Gasteiger partial charge in [0.05, 0.1) is 0 Å². The molecule has 2 aromatic rings. The fraction of sp³-hybridized carbons (Fsp3) is 0.250. The van der Waals surface area contributed by atoms with E-state index in [0.717, 1.165) is 12.2 Å². The lowest BCUT2D eigenvalue weighted by Gasteiger charge is -1.95. The molecule has 2 heterocycles. The maximum atomic E-state index is 4.01. The summed E-state index contributed by atoms with van der Waals surface area (Å²) in [5.74, 6) is 1.01. The first-order valence-electron chi connectivity index (χ1n) is 3.71. The summed E-state index contributed by atoms with van der Waals surface area (Å²) in [6, 6.07) is 4.16. The number of rotatable bonds is 2. The van der Waals surface area contributed by atoms with Crippen LogP contribution < -0.4 is 0 Å². The topological polar surface area (TPSA) is 30.7 Å². The predicted octanol–water partition coefficient (Wildman–Crippen LogP) is 1.47. The van der Waals surface area contributed by atoms with Gasteiger partial charge in [0, 0.05) is 18.3 Å². The van der Waals surface area contributed by atoms with Crippen molar-refractivity contribution in [3.8, 4) is 0 Å². The highest BCUT2D eigenvalue weighted by Gasteiger charge is 2.01. The van der Waals surface area contributed by atoms with E-state index in [-0.39, 0.29) is 0 Å². The Bertz CT molecular complexity index is 350. The highest BCUT2D eigenvalue weighted by Crippen LogP contribution is 2.12. The average molecular weight is 179 g/mol. The Morgan fingerprint density at radius 3 is 3.08 bits per heavy atom. The molecule has 2 rings (SSSR count). The summed E-state index contributed by atoms with van der Waals surface area (Å²) in [7, 11) is 1.96. The van der Waals surface area contributed by atoms with Crippen LogP contribution in [0, 0.1) is 0 Å². The van der Waals surface area contributed by atoms with Crippen LogP contribution >= 0.6 is 11.3 Å². The number of thiophene rings is 1. The highest BCUT2D eigenvalue weighted by atomic mass is 32.1. The van der Waals surface area contributed by atoms with Crippen LogP contribution in [0.1, 0.15) is 10.7 Å². The maximum Gasteiger partial charge on any atom is 0.137 e. The average Bonchev–Trinajstić information content (AvgIpc) is 2.65. The van der Waals surface area contributed by atoms with Gasteiger partial charge in [0.2, 0.25) is 0 Å². The van der Waals surface area contributed by atoms with Crippen molar-refractivity contribution in [3.63, 3.8) is 0 Å². The molecule has 0 spiro atoms. The summed E-state index contributed by atoms with van der Waals surface area (Å²) in [6.07, 6.45) is 2.61. The van der Waals surface area contributed by atoms with Crippen molar-refractivity contribution in [1.29, 1.82) is 0 Å². The van der Waals surface area contributed by atoms with Crippen LogP contribution in [0.3, 0.4) is 0 Å². The summed E-state index contributed by atoms with van der Waals surface area (Å²) in [6.45, 7) is 0. The number of aryl methyl sites for hydroxylation is 1. The van der Waals surface area contributed by atoms with Gasteiger partial charge in [0.1, 0.15) is 12.2 Å². The molecule has 0 fully saturated rings. The van der Waals surface area contributed by atoms with E-state index < -0.39 is 0 Å². The van der Waals surface area contributed by atoms with E-state index in [1.54, 1.807) is 17.7 Å². The Hall–Kier alpha value is -1.16. The lowest BCUT2D eigenvalue weighted by atomic mass is 10.3. The van der Waals surface area contributed by atoms with Gasteiger partial charge >= 0.3 is 0 Å². The molecular formula is C8H9N3S. The minimum absolute atomic E-state index is 0.883. The summed E-state index contributed by atoms with van der Waals surface area (Å²) in [5, 5.41) is 9.91. The Morgan fingerprint density at radius 1 is 1.58 bits per heavy atom. The summed E-state index contributed by atoms with van der Waals surface area (Å²) >= 11 is 1.75. The maximum absolute atomic E-state index is 4.01. The molecule has 0 N–H and O–H groups in total. The monoisotopic (exact) mass is 179 g/mol. The van der Waals surface area contributed by atoms with Crippen LogP contribution in [0.2, 0.25) is 0 Å². The second-order valence-corrected chi connectivity index (χ2v) is 3.65. The molecule has 0 saturated carbocycles. The van der Waals surface area contributed by atoms with Gasteiger partial charge in [-0.05, 0) is 11.4 Å². The van der Waals surface area contributed by atoms with Crippen molar-refractivity contribution >= 4 is 11.3 Å². The Kier molecular flexibility index (Phi) is 1.91. The van der Waals surface area contributed by atoms with Crippen molar-refractivity contribution in [2.75, 3.05) is 0 Å². The van der Waals surface area contributed by atoms with E-state index in [9.17, 15) is 0 Å². The zero-order chi connectivity index (χ0) is 8.39. The number of nitrogens with zero attached hydrogens (tertiary/aromatic N) is 3. The summed E-state index contributed by atoms with van der Waals surface area (Å²) in [5.41, 5.74) is 0. The van der Waals surface area contributed by atoms with E-state index >= 15 is 0 Å². The van der Waals surface area contributed by atoms with E-state index in [0.29, 0.717) is 0 Å². The van der Waals surface area contributed by atoms with E-state index in [1.807, 2.05) is 11.6 Å². The van der Waals surface area contributed by atoms with Gasteiger partial charge in [-0.3, -0.25) is 0 Å². The van der Waals surface area contributed by atoms with Crippen molar-refractivity contribution in [2.24, 2.45) is 7.05 Å². The molecule has 0 atom stereocenters. The highest BCUT2D eigenvalue weighted by molar-refractivity contribution is 7.09. The van der Waals surface area contributed by atoms with Gasteiger partial charge in [0.15, 0.2) is 0 Å². The van der Waals surface area contributed by atoms with Crippen molar-refractivity contribution in [2.45, 2.75) is 6.42 Å². The molecule has 0 amide bonds. The lowest BCUT2D eigenvalue weighted by Crippen LogP contribution is -1.96. The van der Waals surface area contributed by atoms with Crippen LogP contribution in [-0.4, -0.2) is 14.8 Å². The summed E-state index contributed by atoms with van der Waals surface area (Å²) in [4.78, 5) is 1.33. The van der Waals surface area contributed by atoms with Crippen LogP contribution in [0.25, 0.3) is 0 Å². The van der Waals surface area contributed by atoms with E-state index in [1.165, 1.54) is 4.88 Å². The van der Waals surface area contributed by atoms with Crippen molar-refractivity contribution in [3.05, 3.63) is 34.5 Å². The normalized spacial score (nSPS) is 10.4. The van der Waals surface area contributed by atoms with Crippen LogP contribution in [0.4, 0.5) is 0 Å². The van der Waals surface area contributed by atoms with Crippen molar-refractivity contribution in [1.82, 2.24) is 14.8 Å². The first-order valence-corrected chi connectivity index (χ1v) is 4.59. The molecule has 0 unspecified atom stereocenters. The van der Waals surface area contributed by atoms with Crippen LogP contribution in [0.15, 0.2) is 23.8 Å². The number of hydrogen-bond donors (Lipinski definition) is 0. The van der Waals surface area contributed by atoms with Gasteiger partial charge in [-0.2, -0.15) is 0 Å². The smallest absolute Gasteiger partial charge is 0.137 e. The van der Waals surface area contributed by atoms with E-state index in [2.05, 4.69) is 27.7 Å². The molecule has 0 radical (unpaired) electrons. The van der Waals surface area contributed by atoms with Gasteiger partial charge in [-0.25, -0.2) is 0 Å². The molecule has 0 saturated heterocycles. The standard InChI is InChI=1S/C8H9N3S/c1-11-6-9-10-8(11)5-7-3-2-4-12-7/h2-4,6H,5H2,1H3. The third-order valence-corrected chi connectivity index (χ3v) is 2.59. The zero-order valence-corrected chi connectivity index (χ0v) is 7.58. The number of hydrogen-bond acceptors (Lipinski definition) is 3. The Balaban J connectivity index is 2.20. The third kappa shape index (κ3) is 1.38. The SMILES string of the molecule is Cn1cnnc1Cc1cccs1. The Morgan fingerprint density at radius 2 is 2.50 bits per heavy atom. The molecule has 12 heavy (non-hydrogen) atoms. The molecule has 0 aliphatic heterocycles. The molecule has 0 aliphatic carbocycles. The zero-order valence-electron chi connectivity index (χ0n) is 6.77. The molecule has 0 bridgehead atoms. The molecular weight excluding hydrogens is 170 g/mol. The van der Waals surface area contributed by atoms with Crippen LogP contribution in [0.5, 0.6) is 0 Å². The minimum atomic E-state index is 0.883. The van der Waals surface area contributed by atoms with E-state index in [4.69, 9.17) is 0 Å². The van der Waals surface area contributed by atoms with Crippen molar-refractivity contribution < 1.29 is 0 Å². The molecule has 62 valence electrons. The second kappa shape index (κ2) is 3.06.